The van der Waals surface area contributed by atoms with E-state index >= 15 is 0 Å². The fraction of sp³-hybridized carbons (Fsp3) is 0.600. The van der Waals surface area contributed by atoms with Gasteiger partial charge in [0.05, 0.1) is 18.1 Å². The molecule has 1 saturated heterocycles. The Kier molecular flexibility index (Phi) is 6.32. The van der Waals surface area contributed by atoms with Crippen molar-refractivity contribution in [3.8, 4) is 5.75 Å². The third kappa shape index (κ3) is 5.71. The Bertz CT molecular complexity index is 592. The van der Waals surface area contributed by atoms with Crippen LogP contribution in [-0.4, -0.2) is 62.2 Å². The van der Waals surface area contributed by atoms with Crippen LogP contribution in [0.1, 0.15) is 12.0 Å². The van der Waals surface area contributed by atoms with Crippen LogP contribution in [0.3, 0.4) is 0 Å². The zero-order valence-electron chi connectivity index (χ0n) is 12.7. The van der Waals surface area contributed by atoms with E-state index in [1.54, 1.807) is 24.3 Å². The number of benzene rings is 1. The van der Waals surface area contributed by atoms with Gasteiger partial charge < -0.3 is 9.84 Å². The number of hydrogen-bond donors (Lipinski definition) is 1. The molecule has 0 spiro atoms. The summed E-state index contributed by atoms with van der Waals surface area (Å²) in [6.45, 7) is 0.196. The highest BCUT2D eigenvalue weighted by Gasteiger charge is 2.31. The minimum Gasteiger partial charge on any atom is -0.488 e. The van der Waals surface area contributed by atoms with Crippen LogP contribution in [0.4, 0.5) is 8.78 Å². The molecule has 1 aliphatic rings. The Morgan fingerprint density at radius 3 is 2.52 bits per heavy atom. The van der Waals surface area contributed by atoms with E-state index in [0.717, 1.165) is 5.56 Å². The summed E-state index contributed by atoms with van der Waals surface area (Å²) in [5, 5.41) is 9.19. The second kappa shape index (κ2) is 8.03. The van der Waals surface area contributed by atoms with Crippen molar-refractivity contribution in [2.75, 3.05) is 31.3 Å². The highest BCUT2D eigenvalue weighted by molar-refractivity contribution is 7.91. The number of aliphatic hydroxyl groups is 1. The molecular weight excluding hydrogens is 328 g/mol. The molecule has 0 radical (unpaired) electrons. The van der Waals surface area contributed by atoms with Crippen LogP contribution in [0.15, 0.2) is 24.3 Å². The molecule has 1 aliphatic heterocycles. The van der Waals surface area contributed by atoms with Crippen LogP contribution < -0.4 is 4.74 Å². The molecular formula is C15H21F2NO4S. The summed E-state index contributed by atoms with van der Waals surface area (Å²) < 4.78 is 52.3. The average molecular weight is 349 g/mol. The summed E-state index contributed by atoms with van der Waals surface area (Å²) in [5.41, 5.74) is 0.909. The lowest BCUT2D eigenvalue weighted by Gasteiger charge is -2.27. The smallest absolute Gasteiger partial charge is 0.272 e. The van der Waals surface area contributed by atoms with Gasteiger partial charge in [-0.3, -0.25) is 4.90 Å². The summed E-state index contributed by atoms with van der Waals surface area (Å²) in [5.74, 6) is 0.661. The van der Waals surface area contributed by atoms with Gasteiger partial charge in [0.1, 0.15) is 12.4 Å². The van der Waals surface area contributed by atoms with E-state index in [4.69, 9.17) is 4.74 Å². The lowest BCUT2D eigenvalue weighted by molar-refractivity contribution is 0.0819. The molecule has 0 saturated carbocycles. The molecule has 1 fully saturated rings. The van der Waals surface area contributed by atoms with E-state index in [0.29, 0.717) is 25.3 Å². The largest absolute Gasteiger partial charge is 0.488 e. The molecule has 1 aromatic rings. The van der Waals surface area contributed by atoms with Crippen LogP contribution in [0.5, 0.6) is 5.75 Å². The van der Waals surface area contributed by atoms with Crippen LogP contribution in [0, 0.1) is 0 Å². The van der Waals surface area contributed by atoms with Crippen LogP contribution in [0.25, 0.3) is 0 Å². The van der Waals surface area contributed by atoms with Gasteiger partial charge in [0.15, 0.2) is 9.84 Å². The Morgan fingerprint density at radius 1 is 1.30 bits per heavy atom. The summed E-state index contributed by atoms with van der Waals surface area (Å²) in [6, 6.07) is 6.64. The number of alkyl halides is 2. The first-order valence-corrected chi connectivity index (χ1v) is 9.27. The number of aliphatic hydroxyl groups excluding tert-OH is 1. The van der Waals surface area contributed by atoms with E-state index < -0.39 is 22.9 Å². The fourth-order valence-corrected chi connectivity index (χ4v) is 4.43. The number of nitrogens with zero attached hydrogens (tertiary/aromatic N) is 1. The predicted molar refractivity (Wildman–Crippen MR) is 82.5 cm³/mol. The topological polar surface area (TPSA) is 66.8 Å². The third-order valence-corrected chi connectivity index (χ3v) is 5.55. The monoisotopic (exact) mass is 349 g/mol. The highest BCUT2D eigenvalue weighted by atomic mass is 32.2. The standard InChI is InChI=1S/C15H21F2NO4S/c16-15(17)10-22-14-3-1-12(2-4-14)9-18(6-7-19)13-5-8-23(20,21)11-13/h1-4,13,15,19H,5-11H2. The zero-order valence-corrected chi connectivity index (χ0v) is 13.5. The van der Waals surface area contributed by atoms with Crippen molar-refractivity contribution in [1.29, 1.82) is 0 Å². The lowest BCUT2D eigenvalue weighted by Crippen LogP contribution is -2.37. The van der Waals surface area contributed by atoms with Gasteiger partial charge in [0.25, 0.3) is 6.43 Å². The highest BCUT2D eigenvalue weighted by Crippen LogP contribution is 2.21. The maximum absolute atomic E-state index is 12.1. The molecule has 5 nitrogen and oxygen atoms in total. The van der Waals surface area contributed by atoms with E-state index in [1.165, 1.54) is 0 Å². The van der Waals surface area contributed by atoms with E-state index in [9.17, 15) is 22.3 Å². The molecule has 0 aliphatic carbocycles. The van der Waals surface area contributed by atoms with Crippen molar-refractivity contribution < 1.29 is 27.0 Å². The first kappa shape index (κ1) is 18.1. The van der Waals surface area contributed by atoms with Gasteiger partial charge in [0, 0.05) is 19.1 Å². The van der Waals surface area contributed by atoms with Gasteiger partial charge in [-0.15, -0.1) is 0 Å². The van der Waals surface area contributed by atoms with Crippen molar-refractivity contribution >= 4 is 9.84 Å². The fourth-order valence-electron chi connectivity index (χ4n) is 2.67. The molecule has 0 aromatic heterocycles. The van der Waals surface area contributed by atoms with Crippen molar-refractivity contribution in [2.24, 2.45) is 0 Å². The summed E-state index contributed by atoms with van der Waals surface area (Å²) in [6.07, 6.45) is -1.95. The first-order chi connectivity index (χ1) is 10.9. The number of ether oxygens (including phenoxy) is 1. The summed E-state index contributed by atoms with van der Waals surface area (Å²) in [4.78, 5) is 1.94. The van der Waals surface area contributed by atoms with Gasteiger partial charge in [-0.2, -0.15) is 0 Å². The molecule has 1 atom stereocenters. The number of hydrogen-bond acceptors (Lipinski definition) is 5. The number of halogens is 2. The molecule has 23 heavy (non-hydrogen) atoms. The first-order valence-electron chi connectivity index (χ1n) is 7.45. The molecule has 2 rings (SSSR count). The van der Waals surface area contributed by atoms with Crippen LogP contribution in [-0.2, 0) is 16.4 Å². The van der Waals surface area contributed by atoms with Gasteiger partial charge in [0.2, 0.25) is 0 Å². The van der Waals surface area contributed by atoms with E-state index in [1.807, 2.05) is 4.90 Å². The number of sulfone groups is 1. The van der Waals surface area contributed by atoms with Crippen LogP contribution in [0.2, 0.25) is 0 Å². The van der Waals surface area contributed by atoms with E-state index in [-0.39, 0.29) is 24.2 Å². The molecule has 1 N–H and O–H groups in total. The predicted octanol–water partition coefficient (Wildman–Crippen LogP) is 1.31. The summed E-state index contributed by atoms with van der Waals surface area (Å²) >= 11 is 0. The Balaban J connectivity index is 1.97. The van der Waals surface area contributed by atoms with Gasteiger partial charge in [-0.1, -0.05) is 12.1 Å². The van der Waals surface area contributed by atoms with Crippen molar-refractivity contribution in [3.63, 3.8) is 0 Å². The van der Waals surface area contributed by atoms with Gasteiger partial charge >= 0.3 is 0 Å². The quantitative estimate of drug-likeness (QED) is 0.767. The Hall–Kier alpha value is -1.25. The van der Waals surface area contributed by atoms with Crippen molar-refractivity contribution in [1.82, 2.24) is 4.90 Å². The molecule has 0 bridgehead atoms. The van der Waals surface area contributed by atoms with Crippen LogP contribution >= 0.6 is 0 Å². The zero-order chi connectivity index (χ0) is 16.9. The second-order valence-electron chi connectivity index (χ2n) is 5.60. The van der Waals surface area contributed by atoms with Crippen molar-refractivity contribution in [3.05, 3.63) is 29.8 Å². The third-order valence-electron chi connectivity index (χ3n) is 3.80. The average Bonchev–Trinajstić information content (AvgIpc) is 2.86. The molecule has 1 heterocycles. The lowest BCUT2D eigenvalue weighted by atomic mass is 10.1. The molecule has 130 valence electrons. The molecule has 8 heteroatoms. The normalized spacial score (nSPS) is 20.3. The minimum absolute atomic E-state index is 0.0495. The maximum atomic E-state index is 12.1. The SMILES string of the molecule is O=S1(=O)CCC(N(CCO)Cc2ccc(OCC(F)F)cc2)C1. The van der Waals surface area contributed by atoms with Crippen molar-refractivity contribution in [2.45, 2.75) is 25.4 Å². The van der Waals surface area contributed by atoms with E-state index in [2.05, 4.69) is 0 Å². The van der Waals surface area contributed by atoms with Gasteiger partial charge in [-0.05, 0) is 24.1 Å². The molecule has 1 unspecified atom stereocenters. The molecule has 0 amide bonds. The minimum atomic E-state index is -2.99. The Morgan fingerprint density at radius 2 is 2.00 bits per heavy atom. The summed E-state index contributed by atoms with van der Waals surface area (Å²) in [7, 11) is -2.99. The number of rotatable bonds is 8. The Labute approximate surface area is 134 Å². The molecule has 1 aromatic carbocycles. The second-order valence-corrected chi connectivity index (χ2v) is 7.83. The van der Waals surface area contributed by atoms with Gasteiger partial charge in [-0.25, -0.2) is 17.2 Å². The maximum Gasteiger partial charge on any atom is 0.272 e.